The molecule has 0 aliphatic heterocycles. The van der Waals surface area contributed by atoms with E-state index in [-0.39, 0.29) is 22.0 Å². The number of carbonyl (C=O) groups is 2. The molecule has 2 amide bonds. The summed E-state index contributed by atoms with van der Waals surface area (Å²) in [5.41, 5.74) is -0.566. The molecule has 0 aliphatic rings. The Morgan fingerprint density at radius 3 is 2.56 bits per heavy atom. The average Bonchev–Trinajstić information content (AvgIpc) is 3.12. The van der Waals surface area contributed by atoms with Crippen LogP contribution in [0.2, 0.25) is 10.0 Å². The monoisotopic (exact) mass is 531 g/mol. The molecule has 13 heteroatoms. The van der Waals surface area contributed by atoms with Gasteiger partial charge in [-0.05, 0) is 43.3 Å². The Hall–Kier alpha value is -2.76. The molecule has 1 heterocycles. The fourth-order valence-electron chi connectivity index (χ4n) is 2.94. The van der Waals surface area contributed by atoms with E-state index in [0.29, 0.717) is 16.0 Å². The first-order chi connectivity index (χ1) is 16.0. The van der Waals surface area contributed by atoms with Crippen molar-refractivity contribution in [3.05, 3.63) is 69.5 Å². The van der Waals surface area contributed by atoms with Crippen molar-refractivity contribution >= 4 is 52.5 Å². The summed E-state index contributed by atoms with van der Waals surface area (Å²) in [5, 5.41) is 14.3. The third-order valence-electron chi connectivity index (χ3n) is 4.59. The Morgan fingerprint density at radius 2 is 1.88 bits per heavy atom. The summed E-state index contributed by atoms with van der Waals surface area (Å²) in [5.74, 6) is -0.609. The van der Waals surface area contributed by atoms with Crippen LogP contribution in [-0.2, 0) is 18.0 Å². The van der Waals surface area contributed by atoms with Gasteiger partial charge in [0.2, 0.25) is 5.91 Å². The number of benzene rings is 2. The van der Waals surface area contributed by atoms with Gasteiger partial charge < -0.3 is 15.2 Å². The number of alkyl halides is 3. The summed E-state index contributed by atoms with van der Waals surface area (Å²) < 4.78 is 40.1. The maximum atomic E-state index is 12.8. The minimum absolute atomic E-state index is 0.0382. The topological polar surface area (TPSA) is 88.9 Å². The molecular weight excluding hydrogens is 514 g/mol. The van der Waals surface area contributed by atoms with E-state index in [1.807, 2.05) is 0 Å². The number of aromatic nitrogens is 3. The summed E-state index contributed by atoms with van der Waals surface area (Å²) >= 11 is 13.0. The zero-order valence-corrected chi connectivity index (χ0v) is 20.1. The highest BCUT2D eigenvalue weighted by Crippen LogP contribution is 2.31. The first kappa shape index (κ1) is 25.9. The van der Waals surface area contributed by atoms with E-state index in [1.54, 1.807) is 24.6 Å². The van der Waals surface area contributed by atoms with Crippen molar-refractivity contribution in [2.24, 2.45) is 7.05 Å². The van der Waals surface area contributed by atoms with Crippen molar-refractivity contribution in [1.29, 1.82) is 0 Å². The van der Waals surface area contributed by atoms with Crippen LogP contribution < -0.4 is 10.6 Å². The van der Waals surface area contributed by atoms with Gasteiger partial charge in [-0.1, -0.05) is 41.0 Å². The second kappa shape index (κ2) is 10.7. The van der Waals surface area contributed by atoms with Crippen LogP contribution in [0.1, 0.15) is 34.7 Å². The number of hydrogen-bond donors (Lipinski definition) is 2. The first-order valence-corrected chi connectivity index (χ1v) is 11.4. The molecule has 2 N–H and O–H groups in total. The highest BCUT2D eigenvalue weighted by Gasteiger charge is 2.30. The van der Waals surface area contributed by atoms with Crippen molar-refractivity contribution in [3.63, 3.8) is 0 Å². The molecule has 0 fully saturated rings. The highest BCUT2D eigenvalue weighted by atomic mass is 35.5. The summed E-state index contributed by atoms with van der Waals surface area (Å²) in [7, 11) is 1.67. The van der Waals surface area contributed by atoms with Gasteiger partial charge in [0.15, 0.2) is 11.0 Å². The van der Waals surface area contributed by atoms with Gasteiger partial charge in [0, 0.05) is 17.8 Å². The zero-order valence-electron chi connectivity index (χ0n) is 17.8. The Bertz CT molecular complexity index is 1220. The molecule has 180 valence electrons. The Kier molecular flexibility index (Phi) is 8.11. The molecule has 0 saturated heterocycles. The van der Waals surface area contributed by atoms with Crippen LogP contribution in [-0.4, -0.2) is 32.3 Å². The third kappa shape index (κ3) is 6.43. The van der Waals surface area contributed by atoms with Crippen LogP contribution in [0.3, 0.4) is 0 Å². The van der Waals surface area contributed by atoms with Gasteiger partial charge in [0.1, 0.15) is 0 Å². The van der Waals surface area contributed by atoms with Crippen LogP contribution >= 0.6 is 35.0 Å². The maximum Gasteiger partial charge on any atom is 0.416 e. The maximum absolute atomic E-state index is 12.8. The lowest BCUT2D eigenvalue weighted by Gasteiger charge is -2.14. The van der Waals surface area contributed by atoms with E-state index in [4.69, 9.17) is 23.2 Å². The number of nitrogens with zero attached hydrogens (tertiary/aromatic N) is 3. The molecular formula is C21H18Cl2F3N5O2S. The summed E-state index contributed by atoms with van der Waals surface area (Å²) in [4.78, 5) is 24.7. The SMILES string of the molecule is CC(NC(=O)c1ccc(Cl)cc1Cl)c1nnc(SCC(=O)Nc2cccc(C(F)(F)F)c2)n1C. The highest BCUT2D eigenvalue weighted by molar-refractivity contribution is 7.99. The van der Waals surface area contributed by atoms with Crippen molar-refractivity contribution in [2.75, 3.05) is 11.1 Å². The number of halogens is 5. The molecule has 1 aromatic heterocycles. The lowest BCUT2D eigenvalue weighted by Crippen LogP contribution is -2.28. The molecule has 3 aromatic rings. The Balaban J connectivity index is 1.59. The molecule has 1 atom stereocenters. The minimum atomic E-state index is -4.50. The summed E-state index contributed by atoms with van der Waals surface area (Å²) in [6.07, 6.45) is -4.50. The van der Waals surface area contributed by atoms with Crippen LogP contribution in [0, 0.1) is 0 Å². The lowest BCUT2D eigenvalue weighted by atomic mass is 10.2. The van der Waals surface area contributed by atoms with Crippen LogP contribution in [0.4, 0.5) is 18.9 Å². The molecule has 0 radical (unpaired) electrons. The molecule has 0 aliphatic carbocycles. The second-order valence-corrected chi connectivity index (χ2v) is 8.92. The molecule has 7 nitrogen and oxygen atoms in total. The van der Waals surface area contributed by atoms with E-state index in [1.165, 1.54) is 24.3 Å². The molecule has 2 aromatic carbocycles. The van der Waals surface area contributed by atoms with E-state index in [2.05, 4.69) is 20.8 Å². The molecule has 3 rings (SSSR count). The molecule has 0 saturated carbocycles. The number of amides is 2. The number of rotatable bonds is 7. The molecule has 0 bridgehead atoms. The number of hydrogen-bond acceptors (Lipinski definition) is 5. The number of carbonyl (C=O) groups excluding carboxylic acids is 2. The fraction of sp³-hybridized carbons (Fsp3) is 0.238. The quantitative estimate of drug-likeness (QED) is 0.400. The normalized spacial score (nSPS) is 12.3. The van der Waals surface area contributed by atoms with Crippen LogP contribution in [0.15, 0.2) is 47.6 Å². The van der Waals surface area contributed by atoms with Gasteiger partial charge in [-0.15, -0.1) is 10.2 Å². The number of nitrogens with one attached hydrogen (secondary N) is 2. The van der Waals surface area contributed by atoms with Gasteiger partial charge in [-0.25, -0.2) is 0 Å². The summed E-state index contributed by atoms with van der Waals surface area (Å²) in [6, 6.07) is 8.35. The van der Waals surface area contributed by atoms with Crippen LogP contribution in [0.25, 0.3) is 0 Å². The van der Waals surface area contributed by atoms with Gasteiger partial charge in [0.05, 0.1) is 27.9 Å². The number of anilines is 1. The van der Waals surface area contributed by atoms with E-state index >= 15 is 0 Å². The molecule has 0 spiro atoms. The van der Waals surface area contributed by atoms with Gasteiger partial charge in [0.25, 0.3) is 5.91 Å². The predicted molar refractivity (Wildman–Crippen MR) is 124 cm³/mol. The predicted octanol–water partition coefficient (Wildman–Crippen LogP) is 5.36. The molecule has 1 unspecified atom stereocenters. The van der Waals surface area contributed by atoms with Crippen molar-refractivity contribution in [3.8, 4) is 0 Å². The second-order valence-electron chi connectivity index (χ2n) is 7.13. The van der Waals surface area contributed by atoms with Crippen molar-refractivity contribution < 1.29 is 22.8 Å². The van der Waals surface area contributed by atoms with Gasteiger partial charge in [-0.3, -0.25) is 9.59 Å². The third-order valence-corrected chi connectivity index (χ3v) is 6.15. The van der Waals surface area contributed by atoms with Crippen molar-refractivity contribution in [2.45, 2.75) is 24.3 Å². The van der Waals surface area contributed by atoms with Gasteiger partial charge in [-0.2, -0.15) is 13.2 Å². The largest absolute Gasteiger partial charge is 0.416 e. The zero-order chi connectivity index (χ0) is 25.0. The summed E-state index contributed by atoms with van der Waals surface area (Å²) in [6.45, 7) is 1.71. The fourth-order valence-corrected chi connectivity index (χ4v) is 4.15. The Labute approximate surface area is 207 Å². The number of thioether (sulfide) groups is 1. The minimum Gasteiger partial charge on any atom is -0.342 e. The van der Waals surface area contributed by atoms with Gasteiger partial charge >= 0.3 is 6.18 Å². The van der Waals surface area contributed by atoms with E-state index in [9.17, 15) is 22.8 Å². The van der Waals surface area contributed by atoms with E-state index in [0.717, 1.165) is 23.9 Å². The average molecular weight is 532 g/mol. The smallest absolute Gasteiger partial charge is 0.342 e. The lowest BCUT2D eigenvalue weighted by molar-refractivity contribution is -0.137. The first-order valence-electron chi connectivity index (χ1n) is 9.71. The Morgan fingerprint density at radius 1 is 1.15 bits per heavy atom. The van der Waals surface area contributed by atoms with E-state index < -0.39 is 29.6 Å². The van der Waals surface area contributed by atoms with Crippen LogP contribution in [0.5, 0.6) is 0 Å². The molecule has 34 heavy (non-hydrogen) atoms. The standard InChI is InChI=1S/C21H18Cl2F3N5O2S/c1-11(27-19(33)15-7-6-13(22)9-16(15)23)18-29-30-20(31(18)2)34-10-17(32)28-14-5-3-4-12(8-14)21(24,25)26/h3-9,11H,10H2,1-2H3,(H,27,33)(H,28,32). The van der Waals surface area contributed by atoms with Crippen molar-refractivity contribution in [1.82, 2.24) is 20.1 Å².